The molecule has 6 aliphatic heterocycles. The largest absolute Gasteiger partial charge is 0.384 e. The van der Waals surface area contributed by atoms with Gasteiger partial charge in [-0.15, -0.1) is 6.58 Å². The standard InChI is InChI=1S/C51H66N4O8/c1-8-10-11-13-18-30(3)25-31(4)23-24-39(57)52-36-28-51(42-40(61-42)50(60,27-32(5)56)41-43(51)62-41)63-46(36)55-37-22-17-16-21-34(37)49(48(6,7)9-2)29-38-44(58)53-35(45(59)54(38)47(49)55)26-33-19-14-12-15-20-33/h9,12,14-17,19-24,30-31,35-36,38,40-43,46-47,60H,2,8,10-11,13,18,25-29H2,1,3-7H3,(H,52,57)(H,53,58)/b24-23+/t30?,31?,35-,36-,38-,40-,41+,42+,43-,46-,47+,49+,50?,51?/m0/s1. The van der Waals surface area contributed by atoms with E-state index >= 15 is 4.79 Å². The summed E-state index contributed by atoms with van der Waals surface area (Å²) in [6, 6.07) is 15.6. The number of hydrogen-bond donors (Lipinski definition) is 3. The number of nitrogens with zero attached hydrogens (tertiary/aromatic N) is 2. The summed E-state index contributed by atoms with van der Waals surface area (Å²) in [5.74, 6) is -0.0678. The lowest BCUT2D eigenvalue weighted by Gasteiger charge is -2.48. The van der Waals surface area contributed by atoms with Crippen LogP contribution in [0.4, 0.5) is 5.69 Å². The predicted molar refractivity (Wildman–Crippen MR) is 238 cm³/mol. The van der Waals surface area contributed by atoms with Gasteiger partial charge in [0.15, 0.2) is 6.23 Å². The van der Waals surface area contributed by atoms with Crippen LogP contribution >= 0.6 is 0 Å². The number of epoxide rings is 2. The number of amides is 3. The highest BCUT2D eigenvalue weighted by Crippen LogP contribution is 2.67. The molecule has 3 amide bonds. The molecule has 6 heterocycles. The van der Waals surface area contributed by atoms with Crippen molar-refractivity contribution in [2.75, 3.05) is 4.90 Å². The molecule has 3 N–H and O–H groups in total. The van der Waals surface area contributed by atoms with Gasteiger partial charge in [0.2, 0.25) is 17.7 Å². The van der Waals surface area contributed by atoms with Gasteiger partial charge in [-0.05, 0) is 60.3 Å². The summed E-state index contributed by atoms with van der Waals surface area (Å²) in [6.07, 6.45) is 9.42. The number of allylic oxidation sites excluding steroid dienone is 2. The molecule has 338 valence electrons. The maximum Gasteiger partial charge on any atom is 0.247 e. The van der Waals surface area contributed by atoms with Gasteiger partial charge < -0.3 is 39.8 Å². The molecule has 0 bridgehead atoms. The summed E-state index contributed by atoms with van der Waals surface area (Å²) in [7, 11) is 0. The van der Waals surface area contributed by atoms with E-state index < -0.39 is 77.0 Å². The molecule has 1 saturated carbocycles. The van der Waals surface area contributed by atoms with E-state index in [1.54, 1.807) is 11.0 Å². The monoisotopic (exact) mass is 862 g/mol. The Labute approximate surface area is 372 Å². The van der Waals surface area contributed by atoms with E-state index in [0.717, 1.165) is 23.2 Å². The van der Waals surface area contributed by atoms with Crippen molar-refractivity contribution >= 4 is 29.2 Å². The minimum Gasteiger partial charge on any atom is -0.384 e. The highest BCUT2D eigenvalue weighted by molar-refractivity contribution is 5.99. The summed E-state index contributed by atoms with van der Waals surface area (Å²) in [6.45, 7) is 16.7. The molecule has 0 radical (unpaired) electrons. The van der Waals surface area contributed by atoms with Crippen LogP contribution in [0.15, 0.2) is 79.4 Å². The van der Waals surface area contributed by atoms with Crippen molar-refractivity contribution in [3.05, 3.63) is 90.5 Å². The lowest BCUT2D eigenvalue weighted by molar-refractivity contribution is -0.150. The molecule has 7 aliphatic rings. The number of anilines is 1. The highest BCUT2D eigenvalue weighted by atomic mass is 16.7. The zero-order chi connectivity index (χ0) is 44.6. The number of benzene rings is 2. The number of carbonyl (C=O) groups excluding carboxylic acids is 4. The van der Waals surface area contributed by atoms with Crippen molar-refractivity contribution in [3.63, 3.8) is 0 Å². The van der Waals surface area contributed by atoms with E-state index in [1.807, 2.05) is 60.7 Å². The zero-order valence-electron chi connectivity index (χ0n) is 37.8. The van der Waals surface area contributed by atoms with Crippen LogP contribution in [-0.4, -0.2) is 99.6 Å². The fourth-order valence-electron chi connectivity index (χ4n) is 12.6. The van der Waals surface area contributed by atoms with Gasteiger partial charge >= 0.3 is 0 Å². The first-order chi connectivity index (χ1) is 30.1. The number of carbonyl (C=O) groups is 4. The highest BCUT2D eigenvalue weighted by Gasteiger charge is 2.84. The summed E-state index contributed by atoms with van der Waals surface area (Å²) >= 11 is 0. The third-order valence-corrected chi connectivity index (χ3v) is 15.8. The fourth-order valence-corrected chi connectivity index (χ4v) is 12.6. The minimum absolute atomic E-state index is 0.0965. The van der Waals surface area contributed by atoms with E-state index in [0.29, 0.717) is 25.2 Å². The molecule has 5 saturated heterocycles. The average Bonchev–Trinajstić information content (AvgIpc) is 4.16. The number of fused-ring (bicyclic) bond motifs is 9. The number of ketones is 1. The Bertz CT molecular complexity index is 2140. The Morgan fingerprint density at radius 1 is 0.984 bits per heavy atom. The molecular weight excluding hydrogens is 797 g/mol. The van der Waals surface area contributed by atoms with Crippen LogP contribution in [-0.2, 0) is 45.2 Å². The van der Waals surface area contributed by atoms with E-state index in [9.17, 15) is 19.5 Å². The van der Waals surface area contributed by atoms with Crippen LogP contribution in [0.2, 0.25) is 0 Å². The van der Waals surface area contributed by atoms with Gasteiger partial charge in [-0.3, -0.25) is 19.2 Å². The second-order valence-corrected chi connectivity index (χ2v) is 20.5. The normalized spacial score (nSPS) is 36.8. The second-order valence-electron chi connectivity index (χ2n) is 20.5. The third-order valence-electron chi connectivity index (χ3n) is 15.8. The van der Waals surface area contributed by atoms with Crippen molar-refractivity contribution < 1.29 is 38.5 Å². The van der Waals surface area contributed by atoms with Gasteiger partial charge in [0.1, 0.15) is 59.7 Å². The summed E-state index contributed by atoms with van der Waals surface area (Å²) in [5, 5.41) is 18.3. The molecule has 0 aromatic heterocycles. The predicted octanol–water partition coefficient (Wildman–Crippen LogP) is 6.04. The number of piperazine rings is 1. The lowest BCUT2D eigenvalue weighted by Crippen LogP contribution is -2.68. The van der Waals surface area contributed by atoms with Crippen LogP contribution in [0.5, 0.6) is 0 Å². The van der Waals surface area contributed by atoms with Gasteiger partial charge in [0.05, 0.1) is 6.04 Å². The van der Waals surface area contributed by atoms with Crippen LogP contribution in [0.25, 0.3) is 0 Å². The number of para-hydroxylation sites is 1. The summed E-state index contributed by atoms with van der Waals surface area (Å²) < 4.78 is 20.0. The van der Waals surface area contributed by atoms with E-state index in [2.05, 4.69) is 62.8 Å². The van der Waals surface area contributed by atoms with Crippen molar-refractivity contribution in [3.8, 4) is 0 Å². The van der Waals surface area contributed by atoms with Gasteiger partial charge in [0, 0.05) is 30.4 Å². The molecule has 12 nitrogen and oxygen atoms in total. The number of hydrogen-bond acceptors (Lipinski definition) is 9. The van der Waals surface area contributed by atoms with Crippen LogP contribution in [0.3, 0.4) is 0 Å². The van der Waals surface area contributed by atoms with E-state index in [4.69, 9.17) is 14.2 Å². The number of unbranched alkanes of at least 4 members (excludes halogenated alkanes) is 3. The molecule has 63 heavy (non-hydrogen) atoms. The molecule has 1 spiro atoms. The van der Waals surface area contributed by atoms with E-state index in [-0.39, 0.29) is 35.8 Å². The second kappa shape index (κ2) is 16.3. The maximum absolute atomic E-state index is 15.2. The molecule has 12 heteroatoms. The first kappa shape index (κ1) is 43.9. The van der Waals surface area contributed by atoms with Gasteiger partial charge in [-0.2, -0.15) is 0 Å². The molecule has 2 aromatic rings. The van der Waals surface area contributed by atoms with Crippen molar-refractivity contribution in [2.45, 2.75) is 177 Å². The topological polar surface area (TPSA) is 153 Å². The van der Waals surface area contributed by atoms with Crippen molar-refractivity contribution in [1.82, 2.24) is 15.5 Å². The average molecular weight is 863 g/mol. The quantitative estimate of drug-likeness (QED) is 0.0748. The van der Waals surface area contributed by atoms with Gasteiger partial charge in [-0.1, -0.05) is 127 Å². The summed E-state index contributed by atoms with van der Waals surface area (Å²) in [5.41, 5.74) is -1.25. The molecule has 4 unspecified atom stereocenters. The van der Waals surface area contributed by atoms with Crippen LogP contribution in [0, 0.1) is 17.3 Å². The molecule has 9 rings (SSSR count). The number of aliphatic hydroxyl groups is 1. The van der Waals surface area contributed by atoms with Gasteiger partial charge in [0.25, 0.3) is 0 Å². The number of ether oxygens (including phenoxy) is 3. The molecule has 2 aromatic carbocycles. The number of rotatable bonds is 17. The first-order valence-electron chi connectivity index (χ1n) is 23.5. The Kier molecular flexibility index (Phi) is 11.3. The van der Waals surface area contributed by atoms with Gasteiger partial charge in [-0.25, -0.2) is 0 Å². The molecular formula is C51H66N4O8. The molecule has 6 fully saturated rings. The van der Waals surface area contributed by atoms with Crippen LogP contribution in [0.1, 0.15) is 110 Å². The SMILES string of the molecule is C=CC(C)(C)[C@@]12C[C@H]3C(=O)N[C@@H](Cc4ccccc4)C(=O)N3[C@@H]1N([C@H]1OC3(C[C@@H]1NC(=O)/C=C/C(C)CC(C)CCCCCC)[C@@H]1O[C@@H]1C(O)(CC(C)=O)[C@@H]1O[C@@H]13)c1ccccc12. The Morgan fingerprint density at radius 3 is 2.37 bits per heavy atom. The minimum atomic E-state index is -1.48. The fraction of sp³-hybridized carbons (Fsp3) is 0.608. The Balaban J connectivity index is 1.09. The van der Waals surface area contributed by atoms with Crippen LogP contribution < -0.4 is 15.5 Å². The Hall–Kier alpha value is -4.36. The summed E-state index contributed by atoms with van der Waals surface area (Å²) in [4.78, 5) is 60.1. The zero-order valence-corrected chi connectivity index (χ0v) is 37.8. The van der Waals surface area contributed by atoms with Crippen molar-refractivity contribution in [2.24, 2.45) is 17.3 Å². The maximum atomic E-state index is 15.2. The smallest absolute Gasteiger partial charge is 0.247 e. The Morgan fingerprint density at radius 2 is 1.68 bits per heavy atom. The molecule has 1 aliphatic carbocycles. The van der Waals surface area contributed by atoms with E-state index in [1.165, 1.54) is 39.0 Å². The lowest BCUT2D eigenvalue weighted by atomic mass is 9.60. The number of Topliss-reactive ketones (excluding diaryl/α,β-unsaturated/α-hetero) is 1. The molecule has 14 atom stereocenters. The third kappa shape index (κ3) is 7.18. The number of nitrogens with one attached hydrogen (secondary N) is 2. The first-order valence-corrected chi connectivity index (χ1v) is 23.5. The van der Waals surface area contributed by atoms with Crippen molar-refractivity contribution in [1.29, 1.82) is 0 Å².